The third-order valence-electron chi connectivity index (χ3n) is 1.73. The van der Waals surface area contributed by atoms with Gasteiger partial charge in [-0.1, -0.05) is 12.1 Å². The molecule has 0 aliphatic heterocycles. The Morgan fingerprint density at radius 2 is 2.23 bits per heavy atom. The highest BCUT2D eigenvalue weighted by Gasteiger charge is 1.93. The lowest BCUT2D eigenvalue weighted by Gasteiger charge is -2.03. The molecule has 0 aliphatic rings. The van der Waals surface area contributed by atoms with Gasteiger partial charge < -0.3 is 5.32 Å². The third-order valence-corrected chi connectivity index (χ3v) is 2.05. The monoisotopic (exact) mass is 199 g/mol. The van der Waals surface area contributed by atoms with Crippen LogP contribution in [0.1, 0.15) is 12.0 Å². The molecule has 1 rings (SSSR count). The van der Waals surface area contributed by atoms with Crippen molar-refractivity contribution >= 4 is 12.6 Å². The average molecular weight is 199 g/mol. The molecule has 0 saturated heterocycles. The molecule has 0 fully saturated rings. The van der Waals surface area contributed by atoms with Gasteiger partial charge in [-0.2, -0.15) is 12.6 Å². The van der Waals surface area contributed by atoms with E-state index in [0.29, 0.717) is 0 Å². The van der Waals surface area contributed by atoms with Gasteiger partial charge >= 0.3 is 0 Å². The second kappa shape index (κ2) is 6.00. The van der Waals surface area contributed by atoms with Gasteiger partial charge in [-0.3, -0.25) is 0 Å². The number of thiol groups is 1. The summed E-state index contributed by atoms with van der Waals surface area (Å²) in [5.41, 5.74) is 0.985. The second-order valence-electron chi connectivity index (χ2n) is 2.88. The van der Waals surface area contributed by atoms with Crippen molar-refractivity contribution in [3.05, 3.63) is 35.6 Å². The van der Waals surface area contributed by atoms with Crippen molar-refractivity contribution in [1.29, 1.82) is 0 Å². The van der Waals surface area contributed by atoms with Crippen molar-refractivity contribution in [2.24, 2.45) is 0 Å². The van der Waals surface area contributed by atoms with Gasteiger partial charge in [-0.05, 0) is 36.4 Å². The molecule has 0 aliphatic carbocycles. The molecule has 0 bridgehead atoms. The van der Waals surface area contributed by atoms with E-state index in [4.69, 9.17) is 0 Å². The topological polar surface area (TPSA) is 12.0 Å². The second-order valence-corrected chi connectivity index (χ2v) is 3.33. The predicted molar refractivity (Wildman–Crippen MR) is 56.6 cm³/mol. The smallest absolute Gasteiger partial charge is 0.123 e. The highest BCUT2D eigenvalue weighted by Crippen LogP contribution is 2.02. The maximum atomic E-state index is 12.7. The molecule has 0 atom stereocenters. The number of hydrogen-bond donors (Lipinski definition) is 2. The largest absolute Gasteiger partial charge is 0.313 e. The lowest BCUT2D eigenvalue weighted by atomic mass is 10.2. The molecule has 0 aromatic heterocycles. The maximum Gasteiger partial charge on any atom is 0.123 e. The summed E-state index contributed by atoms with van der Waals surface area (Å²) >= 11 is 4.10. The standard InChI is InChI=1S/C10H14FNS/c11-10-4-1-3-9(7-10)8-12-5-2-6-13/h1,3-4,7,12-13H,2,5-6,8H2. The van der Waals surface area contributed by atoms with Crippen molar-refractivity contribution in [2.75, 3.05) is 12.3 Å². The van der Waals surface area contributed by atoms with E-state index in [-0.39, 0.29) is 5.82 Å². The Morgan fingerprint density at radius 1 is 1.38 bits per heavy atom. The SMILES string of the molecule is Fc1cccc(CNCCCS)c1. The van der Waals surface area contributed by atoms with Crippen molar-refractivity contribution in [1.82, 2.24) is 5.32 Å². The maximum absolute atomic E-state index is 12.7. The summed E-state index contributed by atoms with van der Waals surface area (Å²) < 4.78 is 12.7. The molecule has 0 saturated carbocycles. The first kappa shape index (κ1) is 10.5. The van der Waals surface area contributed by atoms with Crippen LogP contribution in [0.25, 0.3) is 0 Å². The first-order valence-electron chi connectivity index (χ1n) is 4.39. The molecule has 1 N–H and O–H groups in total. The quantitative estimate of drug-likeness (QED) is 0.547. The molecule has 0 radical (unpaired) electrons. The fraction of sp³-hybridized carbons (Fsp3) is 0.400. The van der Waals surface area contributed by atoms with Gasteiger partial charge in [0, 0.05) is 6.54 Å². The first-order chi connectivity index (χ1) is 6.33. The number of nitrogens with one attached hydrogen (secondary N) is 1. The highest BCUT2D eigenvalue weighted by molar-refractivity contribution is 7.80. The van der Waals surface area contributed by atoms with Crippen LogP contribution < -0.4 is 5.32 Å². The summed E-state index contributed by atoms with van der Waals surface area (Å²) in [7, 11) is 0. The van der Waals surface area contributed by atoms with Gasteiger partial charge in [0.1, 0.15) is 5.82 Å². The van der Waals surface area contributed by atoms with E-state index >= 15 is 0 Å². The van der Waals surface area contributed by atoms with Crippen LogP contribution in [0, 0.1) is 5.82 Å². The highest BCUT2D eigenvalue weighted by atomic mass is 32.1. The van der Waals surface area contributed by atoms with E-state index in [1.807, 2.05) is 6.07 Å². The van der Waals surface area contributed by atoms with E-state index < -0.39 is 0 Å². The zero-order valence-corrected chi connectivity index (χ0v) is 8.36. The minimum Gasteiger partial charge on any atom is -0.313 e. The molecule has 1 aromatic carbocycles. The lowest BCUT2D eigenvalue weighted by molar-refractivity contribution is 0.619. The van der Waals surface area contributed by atoms with Crippen molar-refractivity contribution in [2.45, 2.75) is 13.0 Å². The van der Waals surface area contributed by atoms with Crippen LogP contribution in [-0.4, -0.2) is 12.3 Å². The van der Waals surface area contributed by atoms with Crippen LogP contribution in [0.2, 0.25) is 0 Å². The van der Waals surface area contributed by atoms with Crippen LogP contribution in [0.15, 0.2) is 24.3 Å². The van der Waals surface area contributed by atoms with Crippen LogP contribution in [0.4, 0.5) is 4.39 Å². The fourth-order valence-corrected chi connectivity index (χ4v) is 1.24. The van der Waals surface area contributed by atoms with Gasteiger partial charge in [-0.25, -0.2) is 4.39 Å². The van der Waals surface area contributed by atoms with Crippen molar-refractivity contribution in [3.8, 4) is 0 Å². The fourth-order valence-electron chi connectivity index (χ4n) is 1.08. The van der Waals surface area contributed by atoms with E-state index in [1.165, 1.54) is 6.07 Å². The molecule has 1 nitrogen and oxygen atoms in total. The Kier molecular flexibility index (Phi) is 4.86. The number of benzene rings is 1. The predicted octanol–water partition coefficient (Wildman–Crippen LogP) is 2.24. The summed E-state index contributed by atoms with van der Waals surface area (Å²) in [6.07, 6.45) is 1.04. The Labute approximate surface area is 83.8 Å². The van der Waals surface area contributed by atoms with E-state index in [0.717, 1.165) is 30.8 Å². The van der Waals surface area contributed by atoms with Gasteiger partial charge in [0.25, 0.3) is 0 Å². The third kappa shape index (κ3) is 4.29. The molecule has 72 valence electrons. The van der Waals surface area contributed by atoms with E-state index in [2.05, 4.69) is 17.9 Å². The summed E-state index contributed by atoms with van der Waals surface area (Å²) in [6, 6.07) is 6.65. The van der Waals surface area contributed by atoms with Crippen molar-refractivity contribution in [3.63, 3.8) is 0 Å². The summed E-state index contributed by atoms with van der Waals surface area (Å²) in [5, 5.41) is 3.21. The minimum absolute atomic E-state index is 0.173. The molecule has 3 heteroatoms. The van der Waals surface area contributed by atoms with Gasteiger partial charge in [0.2, 0.25) is 0 Å². The summed E-state index contributed by atoms with van der Waals surface area (Å²) in [5.74, 6) is 0.712. The number of rotatable bonds is 5. The normalized spacial score (nSPS) is 10.3. The molecule has 13 heavy (non-hydrogen) atoms. The Morgan fingerprint density at radius 3 is 2.92 bits per heavy atom. The van der Waals surface area contributed by atoms with E-state index in [9.17, 15) is 4.39 Å². The van der Waals surface area contributed by atoms with Crippen LogP contribution in [-0.2, 0) is 6.54 Å². The zero-order valence-electron chi connectivity index (χ0n) is 7.46. The van der Waals surface area contributed by atoms with Crippen molar-refractivity contribution < 1.29 is 4.39 Å². The lowest BCUT2D eigenvalue weighted by Crippen LogP contribution is -2.14. The zero-order chi connectivity index (χ0) is 9.52. The molecular weight excluding hydrogens is 185 g/mol. The molecule has 0 heterocycles. The van der Waals surface area contributed by atoms with Gasteiger partial charge in [-0.15, -0.1) is 0 Å². The molecule has 0 amide bonds. The Hall–Kier alpha value is -0.540. The van der Waals surface area contributed by atoms with Crippen LogP contribution >= 0.6 is 12.6 Å². The Bertz CT molecular complexity index is 252. The van der Waals surface area contributed by atoms with Gasteiger partial charge in [0.05, 0.1) is 0 Å². The molecule has 0 spiro atoms. The van der Waals surface area contributed by atoms with Crippen LogP contribution in [0.3, 0.4) is 0 Å². The Balaban J connectivity index is 2.28. The molecule has 0 unspecified atom stereocenters. The minimum atomic E-state index is -0.173. The number of hydrogen-bond acceptors (Lipinski definition) is 2. The van der Waals surface area contributed by atoms with Gasteiger partial charge in [0.15, 0.2) is 0 Å². The molecular formula is C10H14FNS. The summed E-state index contributed by atoms with van der Waals surface area (Å²) in [6.45, 7) is 1.66. The summed E-state index contributed by atoms with van der Waals surface area (Å²) in [4.78, 5) is 0. The average Bonchev–Trinajstić information content (AvgIpc) is 2.13. The van der Waals surface area contributed by atoms with E-state index in [1.54, 1.807) is 12.1 Å². The first-order valence-corrected chi connectivity index (χ1v) is 5.02. The molecule has 1 aromatic rings. The van der Waals surface area contributed by atoms with Crippen LogP contribution in [0.5, 0.6) is 0 Å². The number of halogens is 1.